The summed E-state index contributed by atoms with van der Waals surface area (Å²) in [4.78, 5) is 11.6. The topological polar surface area (TPSA) is 61.5 Å². The summed E-state index contributed by atoms with van der Waals surface area (Å²) in [7, 11) is 1.24. The highest BCUT2D eigenvalue weighted by Crippen LogP contribution is 2.35. The van der Waals surface area contributed by atoms with Crippen molar-refractivity contribution in [3.05, 3.63) is 25.5 Å². The first kappa shape index (κ1) is 16.6. The minimum absolute atomic E-state index is 0.129. The van der Waals surface area contributed by atoms with E-state index in [1.165, 1.54) is 7.11 Å². The fourth-order valence-corrected chi connectivity index (χ4v) is 2.87. The van der Waals surface area contributed by atoms with Crippen molar-refractivity contribution in [2.45, 2.75) is 19.4 Å². The van der Waals surface area contributed by atoms with Crippen molar-refractivity contribution in [3.63, 3.8) is 0 Å². The average Bonchev–Trinajstić information content (AvgIpc) is 2.41. The second-order valence-corrected chi connectivity index (χ2v) is 5.71. The molecule has 1 aromatic carbocycles. The Balaban J connectivity index is 3.14. The van der Waals surface area contributed by atoms with Gasteiger partial charge in [-0.05, 0) is 51.0 Å². The number of hydrogen-bond acceptors (Lipinski definition) is 4. The van der Waals surface area contributed by atoms with Gasteiger partial charge in [-0.1, -0.05) is 6.92 Å². The van der Waals surface area contributed by atoms with Gasteiger partial charge >= 0.3 is 5.97 Å². The SMILES string of the molecule is CC[C@H](N)COc1c(Br)c(F)cc(C(=O)OC)c1I. The lowest BCUT2D eigenvalue weighted by molar-refractivity contribution is 0.0598. The Morgan fingerprint density at radius 2 is 2.26 bits per heavy atom. The number of methoxy groups -OCH3 is 1. The van der Waals surface area contributed by atoms with Gasteiger partial charge in [0.15, 0.2) is 5.75 Å². The smallest absolute Gasteiger partial charge is 0.339 e. The van der Waals surface area contributed by atoms with Crippen LogP contribution in [0.15, 0.2) is 10.5 Å². The molecule has 1 atom stereocenters. The molecule has 106 valence electrons. The van der Waals surface area contributed by atoms with Crippen LogP contribution in [0.2, 0.25) is 0 Å². The minimum atomic E-state index is -0.611. The highest BCUT2D eigenvalue weighted by molar-refractivity contribution is 14.1. The van der Waals surface area contributed by atoms with Crippen molar-refractivity contribution >= 4 is 44.5 Å². The second-order valence-electron chi connectivity index (χ2n) is 3.83. The number of rotatable bonds is 5. The third-order valence-electron chi connectivity index (χ3n) is 2.49. The Bertz CT molecular complexity index is 485. The molecule has 0 saturated carbocycles. The number of nitrogens with two attached hydrogens (primary N) is 1. The molecule has 0 aliphatic heterocycles. The highest BCUT2D eigenvalue weighted by Gasteiger charge is 2.21. The molecule has 0 aromatic heterocycles. The summed E-state index contributed by atoms with van der Waals surface area (Å²) in [5.41, 5.74) is 5.88. The van der Waals surface area contributed by atoms with Gasteiger partial charge in [0.2, 0.25) is 0 Å². The van der Waals surface area contributed by atoms with E-state index in [4.69, 9.17) is 10.5 Å². The van der Waals surface area contributed by atoms with Crippen LogP contribution in [0, 0.1) is 9.39 Å². The molecule has 7 heteroatoms. The lowest BCUT2D eigenvalue weighted by Gasteiger charge is -2.16. The van der Waals surface area contributed by atoms with Crippen molar-refractivity contribution in [2.24, 2.45) is 5.73 Å². The molecule has 0 heterocycles. The Kier molecular flexibility index (Phi) is 6.48. The number of carbonyl (C=O) groups excluding carboxylic acids is 1. The van der Waals surface area contributed by atoms with Crippen LogP contribution in [0.4, 0.5) is 4.39 Å². The van der Waals surface area contributed by atoms with Crippen LogP contribution >= 0.6 is 38.5 Å². The summed E-state index contributed by atoms with van der Waals surface area (Å²) in [5, 5.41) is 0. The molecule has 0 bridgehead atoms. The molecule has 19 heavy (non-hydrogen) atoms. The highest BCUT2D eigenvalue weighted by atomic mass is 127. The van der Waals surface area contributed by atoms with Crippen molar-refractivity contribution in [3.8, 4) is 5.75 Å². The molecule has 0 saturated heterocycles. The van der Waals surface area contributed by atoms with Crippen LogP contribution in [-0.2, 0) is 4.74 Å². The molecule has 1 rings (SSSR count). The normalized spacial score (nSPS) is 12.1. The van der Waals surface area contributed by atoms with E-state index >= 15 is 0 Å². The summed E-state index contributed by atoms with van der Waals surface area (Å²) in [6.07, 6.45) is 0.743. The number of benzene rings is 1. The molecule has 0 aliphatic rings. The fourth-order valence-electron chi connectivity index (χ4n) is 1.27. The molecule has 0 aliphatic carbocycles. The van der Waals surface area contributed by atoms with Crippen LogP contribution in [0.1, 0.15) is 23.7 Å². The Labute approximate surface area is 133 Å². The molecule has 0 radical (unpaired) electrons. The zero-order chi connectivity index (χ0) is 14.6. The molecular weight excluding hydrogens is 432 g/mol. The van der Waals surface area contributed by atoms with Gasteiger partial charge in [-0.3, -0.25) is 0 Å². The third-order valence-corrected chi connectivity index (χ3v) is 4.30. The minimum Gasteiger partial charge on any atom is -0.490 e. The Hall–Kier alpha value is -0.410. The quantitative estimate of drug-likeness (QED) is 0.429. The summed E-state index contributed by atoms with van der Waals surface area (Å²) in [6.45, 7) is 2.18. The number of esters is 1. The predicted molar refractivity (Wildman–Crippen MR) is 81.9 cm³/mol. The van der Waals surface area contributed by atoms with E-state index in [0.717, 1.165) is 12.5 Å². The van der Waals surface area contributed by atoms with Gasteiger partial charge in [0.05, 0.1) is 20.7 Å². The average molecular weight is 446 g/mol. The first-order valence-electron chi connectivity index (χ1n) is 5.56. The van der Waals surface area contributed by atoms with Crippen molar-refractivity contribution in [2.75, 3.05) is 13.7 Å². The van der Waals surface area contributed by atoms with Crippen LogP contribution < -0.4 is 10.5 Å². The molecule has 4 nitrogen and oxygen atoms in total. The van der Waals surface area contributed by atoms with Gasteiger partial charge < -0.3 is 15.2 Å². The van der Waals surface area contributed by atoms with Gasteiger partial charge in [0, 0.05) is 6.04 Å². The van der Waals surface area contributed by atoms with Gasteiger partial charge in [0.1, 0.15) is 12.4 Å². The van der Waals surface area contributed by atoms with Crippen molar-refractivity contribution < 1.29 is 18.7 Å². The standard InChI is InChI=1S/C12H14BrFINO3/c1-3-6(16)5-19-11-9(13)8(14)4-7(10(11)15)12(17)18-2/h4,6H,3,5,16H2,1-2H3/t6-/m0/s1. The van der Waals surface area contributed by atoms with E-state index in [1.807, 2.05) is 29.5 Å². The zero-order valence-corrected chi connectivity index (χ0v) is 14.2. The monoisotopic (exact) mass is 445 g/mol. The summed E-state index contributed by atoms with van der Waals surface area (Å²) < 4.78 is 24.5. The molecule has 0 unspecified atom stereocenters. The first-order chi connectivity index (χ1) is 8.92. The lowest BCUT2D eigenvalue weighted by Crippen LogP contribution is -2.27. The van der Waals surface area contributed by atoms with Gasteiger partial charge in [-0.15, -0.1) is 0 Å². The van der Waals surface area contributed by atoms with E-state index in [1.54, 1.807) is 0 Å². The maximum absolute atomic E-state index is 13.8. The molecule has 0 spiro atoms. The number of ether oxygens (including phenoxy) is 2. The third kappa shape index (κ3) is 4.03. The van der Waals surface area contributed by atoms with Gasteiger partial charge in [-0.2, -0.15) is 0 Å². The molecular formula is C12H14BrFINO3. The zero-order valence-electron chi connectivity index (χ0n) is 10.5. The lowest BCUT2D eigenvalue weighted by atomic mass is 10.2. The first-order valence-corrected chi connectivity index (χ1v) is 7.43. The van der Waals surface area contributed by atoms with E-state index in [2.05, 4.69) is 20.7 Å². The van der Waals surface area contributed by atoms with Gasteiger partial charge in [-0.25, -0.2) is 9.18 Å². The second kappa shape index (κ2) is 7.39. The Morgan fingerprint density at radius 1 is 1.63 bits per heavy atom. The predicted octanol–water partition coefficient (Wildman–Crippen LogP) is 3.10. The molecule has 0 amide bonds. The summed E-state index contributed by atoms with van der Waals surface area (Å²) >= 11 is 5.03. The maximum Gasteiger partial charge on any atom is 0.339 e. The number of hydrogen-bond donors (Lipinski definition) is 1. The van der Waals surface area contributed by atoms with E-state index in [0.29, 0.717) is 3.57 Å². The molecule has 1 aromatic rings. The molecule has 2 N–H and O–H groups in total. The largest absolute Gasteiger partial charge is 0.490 e. The van der Waals surface area contributed by atoms with Crippen LogP contribution in [-0.4, -0.2) is 25.7 Å². The van der Waals surface area contributed by atoms with Crippen LogP contribution in [0.25, 0.3) is 0 Å². The van der Waals surface area contributed by atoms with Crippen LogP contribution in [0.3, 0.4) is 0 Å². The summed E-state index contributed by atoms with van der Waals surface area (Å²) in [5.74, 6) is -0.925. The summed E-state index contributed by atoms with van der Waals surface area (Å²) in [6, 6.07) is 0.970. The van der Waals surface area contributed by atoms with Crippen molar-refractivity contribution in [1.29, 1.82) is 0 Å². The van der Waals surface area contributed by atoms with E-state index < -0.39 is 11.8 Å². The molecule has 0 fully saturated rings. The van der Waals surface area contributed by atoms with Crippen LogP contribution in [0.5, 0.6) is 5.75 Å². The maximum atomic E-state index is 13.8. The van der Waals surface area contributed by atoms with E-state index in [9.17, 15) is 9.18 Å². The number of halogens is 3. The van der Waals surface area contributed by atoms with Gasteiger partial charge in [0.25, 0.3) is 0 Å². The number of carbonyl (C=O) groups is 1. The Morgan fingerprint density at radius 3 is 2.79 bits per heavy atom. The van der Waals surface area contributed by atoms with E-state index in [-0.39, 0.29) is 28.4 Å². The fraction of sp³-hybridized carbons (Fsp3) is 0.417. The van der Waals surface area contributed by atoms with Crippen molar-refractivity contribution in [1.82, 2.24) is 0 Å².